The van der Waals surface area contributed by atoms with E-state index in [2.05, 4.69) is 29.8 Å². The molecule has 1 heterocycles. The number of nitro groups is 1. The Balaban J connectivity index is 1.85. The van der Waals surface area contributed by atoms with Crippen molar-refractivity contribution in [1.29, 1.82) is 0 Å². The van der Waals surface area contributed by atoms with E-state index in [0.717, 1.165) is 15.8 Å². The molecule has 0 bridgehead atoms. The zero-order valence-electron chi connectivity index (χ0n) is 15.2. The number of carbonyl (C=O) groups is 1. The van der Waals surface area contributed by atoms with E-state index < -0.39 is 4.92 Å². The van der Waals surface area contributed by atoms with Crippen LogP contribution in [0.25, 0.3) is 0 Å². The lowest BCUT2D eigenvalue weighted by molar-refractivity contribution is -0.387. The highest BCUT2D eigenvalue weighted by Crippen LogP contribution is 2.36. The van der Waals surface area contributed by atoms with Crippen LogP contribution in [0.2, 0.25) is 0 Å². The summed E-state index contributed by atoms with van der Waals surface area (Å²) in [5, 5.41) is 11.6. The fraction of sp³-hybridized carbons (Fsp3) is 0.350. The smallest absolute Gasteiger partial charge is 0.284 e. The van der Waals surface area contributed by atoms with Gasteiger partial charge in [-0.3, -0.25) is 14.9 Å². The Morgan fingerprint density at radius 1 is 1.15 bits per heavy atom. The van der Waals surface area contributed by atoms with Gasteiger partial charge in [-0.05, 0) is 54.7 Å². The number of nitro benzene ring substituents is 1. The summed E-state index contributed by atoms with van der Waals surface area (Å²) in [6.07, 6.45) is 1.10. The van der Waals surface area contributed by atoms with Gasteiger partial charge in [0.25, 0.3) is 11.6 Å². The van der Waals surface area contributed by atoms with Gasteiger partial charge in [-0.1, -0.05) is 41.5 Å². The number of rotatable bonds is 4. The molecule has 27 heavy (non-hydrogen) atoms. The van der Waals surface area contributed by atoms with E-state index in [1.165, 1.54) is 17.8 Å². The number of carbonyl (C=O) groups excluding carboxylic acids is 1. The molecule has 7 heteroatoms. The van der Waals surface area contributed by atoms with Gasteiger partial charge >= 0.3 is 0 Å². The van der Waals surface area contributed by atoms with Crippen molar-refractivity contribution in [2.45, 2.75) is 30.1 Å². The van der Waals surface area contributed by atoms with Gasteiger partial charge in [-0.2, -0.15) is 0 Å². The van der Waals surface area contributed by atoms with Crippen LogP contribution in [0.4, 0.5) is 5.69 Å². The van der Waals surface area contributed by atoms with E-state index in [-0.39, 0.29) is 11.6 Å². The lowest BCUT2D eigenvalue weighted by Gasteiger charge is -2.35. The minimum absolute atomic E-state index is 0.0353. The van der Waals surface area contributed by atoms with Crippen LogP contribution < -0.4 is 0 Å². The largest absolute Gasteiger partial charge is 0.338 e. The third-order valence-corrected chi connectivity index (χ3v) is 6.20. The van der Waals surface area contributed by atoms with E-state index in [4.69, 9.17) is 0 Å². The SMILES string of the molecule is C[C@@H]1C[C@@H](C)CN(C(=O)c2ccc(Sc3ccc(Br)cc3)c([N+](=O)[O-])c2)C1. The Bertz CT molecular complexity index is 847. The van der Waals surface area contributed by atoms with Crippen molar-refractivity contribution in [2.75, 3.05) is 13.1 Å². The van der Waals surface area contributed by atoms with Crippen molar-refractivity contribution in [3.8, 4) is 0 Å². The van der Waals surface area contributed by atoms with Crippen LogP contribution in [0.3, 0.4) is 0 Å². The predicted octanol–water partition coefficient (Wildman–Crippen LogP) is 5.63. The highest BCUT2D eigenvalue weighted by molar-refractivity contribution is 9.10. The summed E-state index contributed by atoms with van der Waals surface area (Å²) in [4.78, 5) is 27.3. The van der Waals surface area contributed by atoms with Crippen LogP contribution in [-0.4, -0.2) is 28.8 Å². The van der Waals surface area contributed by atoms with E-state index in [1.54, 1.807) is 12.1 Å². The number of piperidine rings is 1. The lowest BCUT2D eigenvalue weighted by Crippen LogP contribution is -2.42. The number of benzene rings is 2. The second kappa shape index (κ2) is 8.44. The first-order chi connectivity index (χ1) is 12.8. The van der Waals surface area contributed by atoms with Gasteiger partial charge in [-0.15, -0.1) is 0 Å². The van der Waals surface area contributed by atoms with Gasteiger partial charge in [0.1, 0.15) is 0 Å². The summed E-state index contributed by atoms with van der Waals surface area (Å²) < 4.78 is 0.951. The second-order valence-electron chi connectivity index (χ2n) is 7.15. The van der Waals surface area contributed by atoms with Gasteiger partial charge in [0.05, 0.1) is 9.82 Å². The first-order valence-electron chi connectivity index (χ1n) is 8.84. The van der Waals surface area contributed by atoms with Crippen molar-refractivity contribution in [2.24, 2.45) is 11.8 Å². The summed E-state index contributed by atoms with van der Waals surface area (Å²) in [6.45, 7) is 5.67. The second-order valence-corrected chi connectivity index (χ2v) is 9.18. The summed E-state index contributed by atoms with van der Waals surface area (Å²) in [7, 11) is 0. The molecule has 0 aliphatic carbocycles. The molecular weight excluding hydrogens is 428 g/mol. The van der Waals surface area contributed by atoms with Gasteiger partial charge in [0, 0.05) is 34.1 Å². The summed E-state index contributed by atoms with van der Waals surface area (Å²) in [6, 6.07) is 12.4. The quantitative estimate of drug-likeness (QED) is 0.449. The highest BCUT2D eigenvalue weighted by atomic mass is 79.9. The number of halogens is 1. The molecule has 0 aromatic heterocycles. The molecule has 1 saturated heterocycles. The van der Waals surface area contributed by atoms with Crippen molar-refractivity contribution in [1.82, 2.24) is 4.90 Å². The third-order valence-electron chi connectivity index (χ3n) is 4.60. The number of nitrogens with zero attached hydrogens (tertiary/aromatic N) is 2. The average molecular weight is 449 g/mol. The maximum atomic E-state index is 12.9. The number of hydrogen-bond acceptors (Lipinski definition) is 4. The normalized spacial score (nSPS) is 19.7. The lowest BCUT2D eigenvalue weighted by atomic mass is 9.91. The standard InChI is InChI=1S/C20H21BrN2O3S/c1-13-9-14(2)12-22(11-13)20(24)15-3-8-19(18(10-15)23(25)26)27-17-6-4-16(21)5-7-17/h3-8,10,13-14H,9,11-12H2,1-2H3/t13-,14-/m1/s1. The minimum atomic E-state index is -0.417. The molecule has 1 fully saturated rings. The highest BCUT2D eigenvalue weighted by Gasteiger charge is 2.27. The van der Waals surface area contributed by atoms with Crippen LogP contribution >= 0.6 is 27.7 Å². The molecule has 5 nitrogen and oxygen atoms in total. The van der Waals surface area contributed by atoms with Gasteiger partial charge in [-0.25, -0.2) is 0 Å². The van der Waals surface area contributed by atoms with E-state index >= 15 is 0 Å². The summed E-state index contributed by atoms with van der Waals surface area (Å²) in [5.41, 5.74) is 0.343. The van der Waals surface area contributed by atoms with Crippen molar-refractivity contribution >= 4 is 39.3 Å². The van der Waals surface area contributed by atoms with Crippen molar-refractivity contribution < 1.29 is 9.72 Å². The molecule has 0 unspecified atom stereocenters. The minimum Gasteiger partial charge on any atom is -0.338 e. The van der Waals surface area contributed by atoms with Gasteiger partial charge in [0.15, 0.2) is 0 Å². The Hall–Kier alpha value is -1.86. The number of amides is 1. The molecule has 2 aromatic carbocycles. The number of hydrogen-bond donors (Lipinski definition) is 0. The predicted molar refractivity (Wildman–Crippen MR) is 110 cm³/mol. The van der Waals surface area contributed by atoms with E-state index in [9.17, 15) is 14.9 Å². The Morgan fingerprint density at radius 3 is 2.37 bits per heavy atom. The Morgan fingerprint density at radius 2 is 1.78 bits per heavy atom. The Labute approximate surface area is 171 Å². The van der Waals surface area contributed by atoms with Gasteiger partial charge < -0.3 is 4.90 Å². The molecule has 142 valence electrons. The topological polar surface area (TPSA) is 63.5 Å². The molecule has 3 rings (SSSR count). The fourth-order valence-electron chi connectivity index (χ4n) is 3.52. The molecule has 0 spiro atoms. The Kier molecular flexibility index (Phi) is 6.22. The van der Waals surface area contributed by atoms with Crippen LogP contribution in [0.1, 0.15) is 30.6 Å². The number of likely N-dealkylation sites (tertiary alicyclic amines) is 1. The summed E-state index contributed by atoms with van der Waals surface area (Å²) in [5.74, 6) is 0.761. The van der Waals surface area contributed by atoms with E-state index in [1.807, 2.05) is 29.2 Å². The van der Waals surface area contributed by atoms with E-state index in [0.29, 0.717) is 35.4 Å². The molecule has 2 aromatic rings. The van der Waals surface area contributed by atoms with Crippen LogP contribution in [0, 0.1) is 22.0 Å². The first kappa shape index (κ1) is 19.9. The maximum absolute atomic E-state index is 12.9. The van der Waals surface area contributed by atoms with Crippen molar-refractivity contribution in [3.05, 3.63) is 62.6 Å². The van der Waals surface area contributed by atoms with Crippen LogP contribution in [-0.2, 0) is 0 Å². The molecule has 1 aliphatic heterocycles. The fourth-order valence-corrected chi connectivity index (χ4v) is 4.68. The first-order valence-corrected chi connectivity index (χ1v) is 10.5. The zero-order chi connectivity index (χ0) is 19.6. The maximum Gasteiger partial charge on any atom is 0.284 e. The van der Waals surface area contributed by atoms with Crippen molar-refractivity contribution in [3.63, 3.8) is 0 Å². The zero-order valence-corrected chi connectivity index (χ0v) is 17.6. The molecule has 0 N–H and O–H groups in total. The molecular formula is C20H21BrN2O3S. The molecule has 0 saturated carbocycles. The third kappa shape index (κ3) is 4.90. The molecule has 1 amide bonds. The average Bonchev–Trinajstić information content (AvgIpc) is 2.62. The molecule has 0 radical (unpaired) electrons. The van der Waals surface area contributed by atoms with Crippen LogP contribution in [0.5, 0.6) is 0 Å². The summed E-state index contributed by atoms with van der Waals surface area (Å²) >= 11 is 4.70. The molecule has 1 aliphatic rings. The molecule has 2 atom stereocenters. The van der Waals surface area contributed by atoms with Crippen LogP contribution in [0.15, 0.2) is 56.7 Å². The monoisotopic (exact) mass is 448 g/mol. The van der Waals surface area contributed by atoms with Gasteiger partial charge in [0.2, 0.25) is 0 Å².